The molecule has 0 saturated carbocycles. The van der Waals surface area contributed by atoms with Gasteiger partial charge in [-0.15, -0.1) is 0 Å². The fraction of sp³-hybridized carbons (Fsp3) is 0.429. The van der Waals surface area contributed by atoms with Gasteiger partial charge in [-0.05, 0) is 97.6 Å². The van der Waals surface area contributed by atoms with Gasteiger partial charge in [0.05, 0.1) is 0 Å². The van der Waals surface area contributed by atoms with Crippen molar-refractivity contribution in [2.24, 2.45) is 5.73 Å². The lowest BCUT2D eigenvalue weighted by Crippen LogP contribution is -2.34. The van der Waals surface area contributed by atoms with Crippen LogP contribution in [0.2, 0.25) is 0 Å². The molecule has 9 nitrogen and oxygen atoms in total. The number of carboxylic acids is 1. The smallest absolute Gasteiger partial charge is 0.328 e. The molecule has 1 saturated heterocycles. The van der Waals surface area contributed by atoms with Gasteiger partial charge in [0.1, 0.15) is 24.1 Å². The summed E-state index contributed by atoms with van der Waals surface area (Å²) in [6.07, 6.45) is 4.25. The number of aryl methyl sites for hydroxylation is 1. The van der Waals surface area contributed by atoms with Crippen LogP contribution in [-0.4, -0.2) is 78.7 Å². The molecule has 238 valence electrons. The standard InChI is InChI=1S/C33H38N2O5.2CH4O/c34-30(16-17-31(36)37)33(38)40-27-13-15-29-25(22-27)10-14-28(23-6-2-1-3-7-23)32(29)24-8-11-26(12-9-24)39-21-20-35-18-4-5-19-35;2*1-2/h1-3,6-9,11-13,15,22,28,30,32H,4-5,10,14,16-21,34H2,(H,36,37);2*2H,1H3/t28-,30+,32+;;/m1../s1. The number of benzene rings is 3. The first kappa shape index (κ1) is 34.7. The molecule has 3 aromatic carbocycles. The van der Waals surface area contributed by atoms with Gasteiger partial charge < -0.3 is 30.5 Å². The number of aliphatic carboxylic acids is 1. The van der Waals surface area contributed by atoms with Crippen molar-refractivity contribution < 1.29 is 34.4 Å². The number of likely N-dealkylation sites (tertiary alicyclic amines) is 1. The number of carbonyl (C=O) groups is 2. The van der Waals surface area contributed by atoms with Crippen LogP contribution in [0, 0.1) is 0 Å². The SMILES string of the molecule is CO.CO.N[C@@H](CCC(=O)O)C(=O)Oc1ccc2c(c1)CC[C@H](c1ccccc1)[C@@H]2c1ccc(OCCN2CCCC2)cc1. The molecule has 1 aliphatic heterocycles. The summed E-state index contributed by atoms with van der Waals surface area (Å²) in [5.74, 6) is 0.180. The molecule has 2 aliphatic rings. The summed E-state index contributed by atoms with van der Waals surface area (Å²) < 4.78 is 11.6. The molecule has 1 heterocycles. The van der Waals surface area contributed by atoms with E-state index < -0.39 is 18.0 Å². The highest BCUT2D eigenvalue weighted by Gasteiger charge is 2.32. The number of hydrogen-bond acceptors (Lipinski definition) is 8. The van der Waals surface area contributed by atoms with Crippen LogP contribution in [0.5, 0.6) is 11.5 Å². The minimum Gasteiger partial charge on any atom is -0.492 e. The van der Waals surface area contributed by atoms with Crippen molar-refractivity contribution >= 4 is 11.9 Å². The number of nitrogens with zero attached hydrogens (tertiary/aromatic N) is 1. The number of fused-ring (bicyclic) bond motifs is 1. The van der Waals surface area contributed by atoms with Gasteiger partial charge in [0.2, 0.25) is 0 Å². The van der Waals surface area contributed by atoms with Gasteiger partial charge in [-0.1, -0.05) is 48.5 Å². The van der Waals surface area contributed by atoms with Crippen molar-refractivity contribution in [2.75, 3.05) is 40.5 Å². The molecule has 3 aromatic rings. The van der Waals surface area contributed by atoms with Crippen molar-refractivity contribution in [3.8, 4) is 11.5 Å². The lowest BCUT2D eigenvalue weighted by molar-refractivity contribution is -0.138. The number of hydrogen-bond donors (Lipinski definition) is 4. The Bertz CT molecular complexity index is 1290. The third-order valence-corrected chi connectivity index (χ3v) is 8.11. The summed E-state index contributed by atoms with van der Waals surface area (Å²) in [5.41, 5.74) is 10.8. The van der Waals surface area contributed by atoms with E-state index in [4.69, 9.17) is 30.5 Å². The lowest BCUT2D eigenvalue weighted by Gasteiger charge is -2.35. The van der Waals surface area contributed by atoms with Crippen LogP contribution in [0.3, 0.4) is 0 Å². The molecule has 0 amide bonds. The second-order valence-electron chi connectivity index (χ2n) is 10.8. The Morgan fingerprint density at radius 2 is 1.57 bits per heavy atom. The second-order valence-corrected chi connectivity index (χ2v) is 10.8. The number of nitrogens with two attached hydrogens (primary N) is 1. The van der Waals surface area contributed by atoms with Crippen LogP contribution < -0.4 is 15.2 Å². The normalized spacial score (nSPS) is 18.0. The fourth-order valence-corrected chi connectivity index (χ4v) is 5.99. The van der Waals surface area contributed by atoms with E-state index >= 15 is 0 Å². The predicted octanol–water partition coefficient (Wildman–Crippen LogP) is 4.34. The highest BCUT2D eigenvalue weighted by Crippen LogP contribution is 2.47. The van der Waals surface area contributed by atoms with Crippen LogP contribution in [0.1, 0.15) is 66.2 Å². The van der Waals surface area contributed by atoms with Crippen molar-refractivity contribution in [1.29, 1.82) is 0 Å². The van der Waals surface area contributed by atoms with Crippen LogP contribution >= 0.6 is 0 Å². The van der Waals surface area contributed by atoms with Gasteiger partial charge >= 0.3 is 11.9 Å². The summed E-state index contributed by atoms with van der Waals surface area (Å²) >= 11 is 0. The third-order valence-electron chi connectivity index (χ3n) is 8.11. The van der Waals surface area contributed by atoms with Gasteiger partial charge in [-0.3, -0.25) is 9.69 Å². The Labute approximate surface area is 260 Å². The highest BCUT2D eigenvalue weighted by atomic mass is 16.5. The molecule has 5 N–H and O–H groups in total. The van der Waals surface area contributed by atoms with Gasteiger partial charge in [-0.25, -0.2) is 4.79 Å². The molecule has 5 rings (SSSR count). The van der Waals surface area contributed by atoms with Gasteiger partial charge in [0.25, 0.3) is 0 Å². The third kappa shape index (κ3) is 9.62. The Hall–Kier alpha value is -3.76. The van der Waals surface area contributed by atoms with Crippen LogP contribution in [0.4, 0.5) is 0 Å². The number of carbonyl (C=O) groups excluding carboxylic acids is 1. The van der Waals surface area contributed by atoms with E-state index in [1.807, 2.05) is 18.2 Å². The maximum absolute atomic E-state index is 12.4. The topological polar surface area (TPSA) is 143 Å². The zero-order chi connectivity index (χ0) is 31.9. The highest BCUT2D eigenvalue weighted by molar-refractivity contribution is 5.79. The van der Waals surface area contributed by atoms with Gasteiger partial charge in [0.15, 0.2) is 0 Å². The van der Waals surface area contributed by atoms with Crippen molar-refractivity contribution in [2.45, 2.75) is 56.4 Å². The summed E-state index contributed by atoms with van der Waals surface area (Å²) in [4.78, 5) is 25.7. The first-order valence-electron chi connectivity index (χ1n) is 15.2. The summed E-state index contributed by atoms with van der Waals surface area (Å²) in [6.45, 7) is 4.00. The molecule has 0 radical (unpaired) electrons. The molecule has 1 aliphatic carbocycles. The molecular weight excluding hydrogens is 560 g/mol. The summed E-state index contributed by atoms with van der Waals surface area (Å²) in [5, 5.41) is 22.9. The van der Waals surface area contributed by atoms with Gasteiger partial charge in [-0.2, -0.15) is 0 Å². The van der Waals surface area contributed by atoms with Gasteiger partial charge in [0, 0.05) is 33.1 Å². The van der Waals surface area contributed by atoms with E-state index in [0.29, 0.717) is 18.3 Å². The van der Waals surface area contributed by atoms with Crippen molar-refractivity contribution in [3.63, 3.8) is 0 Å². The summed E-state index contributed by atoms with van der Waals surface area (Å²) in [7, 11) is 2.00. The zero-order valence-corrected chi connectivity index (χ0v) is 25.7. The molecular formula is C35H46N2O7. The molecule has 0 spiro atoms. The molecule has 0 bridgehead atoms. The number of esters is 1. The first-order chi connectivity index (χ1) is 21.5. The maximum Gasteiger partial charge on any atom is 0.328 e. The number of carboxylic acid groups (broad SMARTS) is 1. The van der Waals surface area contributed by atoms with Crippen LogP contribution in [0.15, 0.2) is 72.8 Å². The average molecular weight is 607 g/mol. The fourth-order valence-electron chi connectivity index (χ4n) is 5.99. The monoisotopic (exact) mass is 606 g/mol. The minimum absolute atomic E-state index is 0.0396. The Balaban J connectivity index is 0.00000127. The predicted molar refractivity (Wildman–Crippen MR) is 170 cm³/mol. The maximum atomic E-state index is 12.4. The largest absolute Gasteiger partial charge is 0.492 e. The number of rotatable bonds is 11. The molecule has 1 fully saturated rings. The number of aliphatic hydroxyl groups excluding tert-OH is 2. The van der Waals surface area contributed by atoms with E-state index in [1.54, 1.807) is 0 Å². The van der Waals surface area contributed by atoms with E-state index in [0.717, 1.165) is 44.9 Å². The Morgan fingerprint density at radius 3 is 2.23 bits per heavy atom. The van der Waals surface area contributed by atoms with Crippen molar-refractivity contribution in [1.82, 2.24) is 4.90 Å². The molecule has 0 aromatic heterocycles. The first-order valence-corrected chi connectivity index (χ1v) is 15.2. The van der Waals surface area contributed by atoms with E-state index in [2.05, 4.69) is 59.5 Å². The molecule has 3 atom stereocenters. The van der Waals surface area contributed by atoms with Crippen LogP contribution in [0.25, 0.3) is 0 Å². The summed E-state index contributed by atoms with van der Waals surface area (Å²) in [6, 6.07) is 24.0. The van der Waals surface area contributed by atoms with E-state index in [-0.39, 0.29) is 18.8 Å². The number of ether oxygens (including phenoxy) is 2. The van der Waals surface area contributed by atoms with Crippen molar-refractivity contribution in [3.05, 3.63) is 95.1 Å². The van der Waals surface area contributed by atoms with Crippen LogP contribution in [-0.2, 0) is 16.0 Å². The average Bonchev–Trinajstić information content (AvgIpc) is 3.59. The Kier molecular flexibility index (Phi) is 14.3. The molecule has 9 heteroatoms. The second kappa shape index (κ2) is 18.1. The minimum atomic E-state index is -0.988. The molecule has 0 unspecified atom stereocenters. The van der Waals surface area contributed by atoms with E-state index in [1.165, 1.54) is 42.6 Å². The Morgan fingerprint density at radius 1 is 0.909 bits per heavy atom. The number of aliphatic hydroxyl groups is 2. The molecule has 44 heavy (non-hydrogen) atoms. The zero-order valence-electron chi connectivity index (χ0n) is 25.7. The lowest BCUT2D eigenvalue weighted by atomic mass is 9.69. The quantitative estimate of drug-likeness (QED) is 0.185. The van der Waals surface area contributed by atoms with E-state index in [9.17, 15) is 9.59 Å².